The lowest BCUT2D eigenvalue weighted by Crippen LogP contribution is -1.94. The van der Waals surface area contributed by atoms with Crippen LogP contribution in [0.1, 0.15) is 18.9 Å². The maximum absolute atomic E-state index is 9.12. The molecule has 2 rings (SSSR count). The highest BCUT2D eigenvalue weighted by molar-refractivity contribution is 9.10. The van der Waals surface area contributed by atoms with Gasteiger partial charge in [0.05, 0.1) is 13.2 Å². The van der Waals surface area contributed by atoms with Crippen LogP contribution in [0.4, 0.5) is 0 Å². The molecule has 0 atom stereocenters. The van der Waals surface area contributed by atoms with Crippen LogP contribution in [-0.2, 0) is 6.61 Å². The fourth-order valence-corrected chi connectivity index (χ4v) is 2.16. The number of hydrogen-bond donors (Lipinski definition) is 1. The zero-order valence-electron chi connectivity index (χ0n) is 11.3. The predicted molar refractivity (Wildman–Crippen MR) is 82.4 cm³/mol. The van der Waals surface area contributed by atoms with E-state index in [4.69, 9.17) is 14.6 Å². The second kappa shape index (κ2) is 7.31. The highest BCUT2D eigenvalue weighted by Gasteiger charge is 2.03. The summed E-state index contributed by atoms with van der Waals surface area (Å²) in [6.45, 7) is 2.80. The van der Waals surface area contributed by atoms with E-state index in [-0.39, 0.29) is 6.61 Å². The molecule has 0 heterocycles. The van der Waals surface area contributed by atoms with E-state index < -0.39 is 0 Å². The summed E-state index contributed by atoms with van der Waals surface area (Å²) >= 11 is 3.40. The molecule has 3 nitrogen and oxygen atoms in total. The first-order valence-corrected chi connectivity index (χ1v) is 7.32. The predicted octanol–water partition coefficient (Wildman–Crippen LogP) is 4.52. The van der Waals surface area contributed by atoms with E-state index in [1.54, 1.807) is 0 Å². The van der Waals surface area contributed by atoms with Gasteiger partial charge in [0.25, 0.3) is 0 Å². The Morgan fingerprint density at radius 3 is 2.25 bits per heavy atom. The molecular weight excluding hydrogens is 320 g/mol. The highest BCUT2D eigenvalue weighted by Crippen LogP contribution is 2.28. The van der Waals surface area contributed by atoms with E-state index >= 15 is 0 Å². The summed E-state index contributed by atoms with van der Waals surface area (Å²) in [7, 11) is 0. The van der Waals surface area contributed by atoms with Gasteiger partial charge in [-0.15, -0.1) is 0 Å². The van der Waals surface area contributed by atoms with Crippen molar-refractivity contribution in [1.82, 2.24) is 0 Å². The molecule has 0 saturated heterocycles. The van der Waals surface area contributed by atoms with Crippen LogP contribution in [0.2, 0.25) is 0 Å². The topological polar surface area (TPSA) is 38.7 Å². The van der Waals surface area contributed by atoms with E-state index in [1.807, 2.05) is 42.5 Å². The Hall–Kier alpha value is -1.52. The molecule has 4 heteroatoms. The molecule has 0 aliphatic rings. The third-order valence-corrected chi connectivity index (χ3v) is 3.47. The van der Waals surface area contributed by atoms with Gasteiger partial charge in [0.1, 0.15) is 17.2 Å². The Labute approximate surface area is 127 Å². The Balaban J connectivity index is 2.04. The van der Waals surface area contributed by atoms with Gasteiger partial charge in [-0.3, -0.25) is 0 Å². The lowest BCUT2D eigenvalue weighted by atomic mass is 10.2. The SMILES string of the molecule is CCCOc1ccc(Oc2ccc(CO)c(Br)c2)cc1. The molecule has 0 radical (unpaired) electrons. The van der Waals surface area contributed by atoms with Crippen molar-refractivity contribution >= 4 is 15.9 Å². The summed E-state index contributed by atoms with van der Waals surface area (Å²) in [5, 5.41) is 9.12. The maximum atomic E-state index is 9.12. The third-order valence-electron chi connectivity index (χ3n) is 2.73. The van der Waals surface area contributed by atoms with Crippen LogP contribution in [0.25, 0.3) is 0 Å². The Morgan fingerprint density at radius 1 is 1.00 bits per heavy atom. The van der Waals surface area contributed by atoms with Crippen LogP contribution >= 0.6 is 15.9 Å². The van der Waals surface area contributed by atoms with Crippen molar-refractivity contribution in [2.75, 3.05) is 6.61 Å². The van der Waals surface area contributed by atoms with Gasteiger partial charge in [-0.25, -0.2) is 0 Å². The second-order valence-corrected chi connectivity index (χ2v) is 5.19. The lowest BCUT2D eigenvalue weighted by molar-refractivity contribution is 0.281. The fraction of sp³-hybridized carbons (Fsp3) is 0.250. The first-order chi connectivity index (χ1) is 9.72. The van der Waals surface area contributed by atoms with Crippen molar-refractivity contribution in [2.24, 2.45) is 0 Å². The molecule has 20 heavy (non-hydrogen) atoms. The monoisotopic (exact) mass is 336 g/mol. The number of benzene rings is 2. The average Bonchev–Trinajstić information content (AvgIpc) is 2.47. The Morgan fingerprint density at radius 2 is 1.65 bits per heavy atom. The second-order valence-electron chi connectivity index (χ2n) is 4.33. The molecule has 0 aliphatic heterocycles. The van der Waals surface area contributed by atoms with E-state index in [1.165, 1.54) is 0 Å². The zero-order chi connectivity index (χ0) is 14.4. The van der Waals surface area contributed by atoms with Gasteiger partial charge in [-0.2, -0.15) is 0 Å². The van der Waals surface area contributed by atoms with Crippen molar-refractivity contribution in [1.29, 1.82) is 0 Å². The number of ether oxygens (including phenoxy) is 2. The van der Waals surface area contributed by atoms with Crippen LogP contribution < -0.4 is 9.47 Å². The lowest BCUT2D eigenvalue weighted by Gasteiger charge is -2.09. The van der Waals surface area contributed by atoms with Crippen molar-refractivity contribution in [2.45, 2.75) is 20.0 Å². The number of halogens is 1. The number of aliphatic hydroxyl groups excluding tert-OH is 1. The highest BCUT2D eigenvalue weighted by atomic mass is 79.9. The minimum Gasteiger partial charge on any atom is -0.494 e. The molecule has 0 aliphatic carbocycles. The minimum atomic E-state index is 0.00429. The quantitative estimate of drug-likeness (QED) is 0.842. The van der Waals surface area contributed by atoms with Crippen LogP contribution in [0.5, 0.6) is 17.2 Å². The van der Waals surface area contributed by atoms with Crippen LogP contribution in [0.3, 0.4) is 0 Å². The summed E-state index contributed by atoms with van der Waals surface area (Å²) in [5.74, 6) is 2.31. The number of hydrogen-bond acceptors (Lipinski definition) is 3. The summed E-state index contributed by atoms with van der Waals surface area (Å²) in [6, 6.07) is 13.0. The summed E-state index contributed by atoms with van der Waals surface area (Å²) in [4.78, 5) is 0. The standard InChI is InChI=1S/C16H17BrO3/c1-2-9-19-13-5-7-14(8-6-13)20-15-4-3-12(11-18)16(17)10-15/h3-8,10,18H,2,9,11H2,1H3. The van der Waals surface area contributed by atoms with E-state index in [2.05, 4.69) is 22.9 Å². The molecular formula is C16H17BrO3. The molecule has 0 bridgehead atoms. The number of rotatable bonds is 6. The summed E-state index contributed by atoms with van der Waals surface area (Å²) < 4.78 is 12.1. The van der Waals surface area contributed by atoms with Gasteiger partial charge in [0.15, 0.2) is 0 Å². The molecule has 2 aromatic rings. The largest absolute Gasteiger partial charge is 0.494 e. The third kappa shape index (κ3) is 3.99. The summed E-state index contributed by atoms with van der Waals surface area (Å²) in [5.41, 5.74) is 0.834. The Kier molecular flexibility index (Phi) is 5.44. The minimum absolute atomic E-state index is 0.00429. The first kappa shape index (κ1) is 14.9. The van der Waals surface area contributed by atoms with Gasteiger partial charge in [-0.1, -0.05) is 28.9 Å². The molecule has 0 unspecified atom stereocenters. The van der Waals surface area contributed by atoms with Gasteiger partial charge < -0.3 is 14.6 Å². The summed E-state index contributed by atoms with van der Waals surface area (Å²) in [6.07, 6.45) is 0.990. The number of aliphatic hydroxyl groups is 1. The van der Waals surface area contributed by atoms with E-state index in [0.717, 1.165) is 40.3 Å². The van der Waals surface area contributed by atoms with Crippen molar-refractivity contribution < 1.29 is 14.6 Å². The van der Waals surface area contributed by atoms with Gasteiger partial charge in [0, 0.05) is 4.47 Å². The molecule has 106 valence electrons. The van der Waals surface area contributed by atoms with Crippen LogP contribution in [0.15, 0.2) is 46.9 Å². The molecule has 0 saturated carbocycles. The van der Waals surface area contributed by atoms with Gasteiger partial charge >= 0.3 is 0 Å². The van der Waals surface area contributed by atoms with Crippen molar-refractivity contribution in [3.63, 3.8) is 0 Å². The molecule has 1 N–H and O–H groups in total. The molecule has 0 aromatic heterocycles. The van der Waals surface area contributed by atoms with Crippen molar-refractivity contribution in [3.05, 3.63) is 52.5 Å². The maximum Gasteiger partial charge on any atom is 0.128 e. The fourth-order valence-electron chi connectivity index (χ4n) is 1.68. The van der Waals surface area contributed by atoms with Crippen LogP contribution in [0, 0.1) is 0 Å². The van der Waals surface area contributed by atoms with Crippen LogP contribution in [-0.4, -0.2) is 11.7 Å². The first-order valence-electron chi connectivity index (χ1n) is 6.53. The Bertz CT molecular complexity index is 552. The van der Waals surface area contributed by atoms with E-state index in [0.29, 0.717) is 0 Å². The van der Waals surface area contributed by atoms with E-state index in [9.17, 15) is 0 Å². The van der Waals surface area contributed by atoms with Gasteiger partial charge in [-0.05, 0) is 48.4 Å². The molecule has 0 spiro atoms. The van der Waals surface area contributed by atoms with Gasteiger partial charge in [0.2, 0.25) is 0 Å². The molecule has 0 amide bonds. The zero-order valence-corrected chi connectivity index (χ0v) is 12.9. The van der Waals surface area contributed by atoms with Crippen molar-refractivity contribution in [3.8, 4) is 17.2 Å². The molecule has 2 aromatic carbocycles. The molecule has 0 fully saturated rings. The normalized spacial score (nSPS) is 10.3. The average molecular weight is 337 g/mol. The smallest absolute Gasteiger partial charge is 0.128 e.